The Balaban J connectivity index is 1.79. The molecule has 0 spiro atoms. The van der Waals surface area contributed by atoms with Crippen molar-refractivity contribution in [2.24, 2.45) is 0 Å². The van der Waals surface area contributed by atoms with E-state index in [1.807, 2.05) is 36.4 Å². The van der Waals surface area contributed by atoms with Crippen molar-refractivity contribution in [3.63, 3.8) is 0 Å². The largest absolute Gasteiger partial charge is 0.465 e. The summed E-state index contributed by atoms with van der Waals surface area (Å²) in [6.07, 6.45) is 0. The summed E-state index contributed by atoms with van der Waals surface area (Å²) in [4.78, 5) is 14.0. The van der Waals surface area contributed by atoms with E-state index < -0.39 is 0 Å². The van der Waals surface area contributed by atoms with Gasteiger partial charge in [0.25, 0.3) is 0 Å². The minimum Gasteiger partial charge on any atom is -0.465 e. The van der Waals surface area contributed by atoms with Crippen molar-refractivity contribution in [2.75, 3.05) is 7.11 Å². The maximum Gasteiger partial charge on any atom is 0.337 e. The van der Waals surface area contributed by atoms with E-state index in [2.05, 4.69) is 41.8 Å². The second kappa shape index (κ2) is 8.36. The topological polar surface area (TPSA) is 31.2 Å². The maximum atomic E-state index is 11.9. The van der Waals surface area contributed by atoms with E-state index in [9.17, 15) is 4.79 Å². The summed E-state index contributed by atoms with van der Waals surface area (Å²) in [6.45, 7) is 2.90. The highest BCUT2D eigenvalue weighted by atomic mass is 35.5. The number of halogens is 1. The predicted octanol–water partition coefficient (Wildman–Crippen LogP) is 6.59. The van der Waals surface area contributed by atoms with Gasteiger partial charge in [-0.1, -0.05) is 65.8 Å². The van der Waals surface area contributed by atoms with Gasteiger partial charge in [0.05, 0.1) is 18.2 Å². The number of nitrogens with zero attached hydrogens (tertiary/aromatic N) is 1. The number of esters is 1. The molecule has 0 aliphatic carbocycles. The van der Waals surface area contributed by atoms with Crippen LogP contribution >= 0.6 is 23.4 Å². The number of benzene rings is 3. The maximum absolute atomic E-state index is 11.9. The van der Waals surface area contributed by atoms with Gasteiger partial charge in [0.1, 0.15) is 0 Å². The Labute approximate surface area is 179 Å². The third kappa shape index (κ3) is 4.04. The fourth-order valence-corrected chi connectivity index (χ4v) is 4.71. The molecule has 0 fully saturated rings. The molecule has 0 aliphatic rings. The van der Waals surface area contributed by atoms with Crippen molar-refractivity contribution >= 4 is 40.2 Å². The predicted molar refractivity (Wildman–Crippen MR) is 119 cm³/mol. The van der Waals surface area contributed by atoms with Gasteiger partial charge >= 0.3 is 5.97 Å². The highest BCUT2D eigenvalue weighted by Crippen LogP contribution is 2.39. The van der Waals surface area contributed by atoms with E-state index in [-0.39, 0.29) is 5.97 Å². The van der Waals surface area contributed by atoms with Crippen molar-refractivity contribution in [3.05, 3.63) is 94.6 Å². The first-order valence-electron chi connectivity index (χ1n) is 9.25. The Kier molecular flexibility index (Phi) is 5.65. The molecule has 1 heterocycles. The standard InChI is InChI=1S/C24H20ClNO2S/c1-16-23(29-20-10-6-9-18(13-20)24(27)28-2)21-12-11-19(25)14-22(21)26(16)15-17-7-4-3-5-8-17/h3-14H,15H2,1-2H3. The summed E-state index contributed by atoms with van der Waals surface area (Å²) in [5, 5.41) is 1.87. The van der Waals surface area contributed by atoms with Gasteiger partial charge in [-0.3, -0.25) is 0 Å². The minimum absolute atomic E-state index is 0.331. The van der Waals surface area contributed by atoms with Gasteiger partial charge < -0.3 is 9.30 Å². The van der Waals surface area contributed by atoms with Crippen LogP contribution in [0, 0.1) is 6.92 Å². The lowest BCUT2D eigenvalue weighted by molar-refractivity contribution is 0.0600. The van der Waals surface area contributed by atoms with Gasteiger partial charge in [-0.25, -0.2) is 4.79 Å². The Morgan fingerprint density at radius 1 is 1.03 bits per heavy atom. The molecule has 0 amide bonds. The summed E-state index contributed by atoms with van der Waals surface area (Å²) in [7, 11) is 1.40. The fraction of sp³-hybridized carbons (Fsp3) is 0.125. The smallest absolute Gasteiger partial charge is 0.337 e. The van der Waals surface area contributed by atoms with Gasteiger partial charge in [0.15, 0.2) is 0 Å². The van der Waals surface area contributed by atoms with Crippen LogP contribution in [0.25, 0.3) is 10.9 Å². The highest BCUT2D eigenvalue weighted by Gasteiger charge is 2.17. The third-order valence-corrected chi connectivity index (χ3v) is 6.33. The molecule has 4 aromatic rings. The van der Waals surface area contributed by atoms with E-state index in [0.717, 1.165) is 27.2 Å². The van der Waals surface area contributed by atoms with Gasteiger partial charge in [0, 0.05) is 32.4 Å². The van der Waals surface area contributed by atoms with Crippen molar-refractivity contribution in [2.45, 2.75) is 23.3 Å². The zero-order valence-corrected chi connectivity index (χ0v) is 17.8. The Morgan fingerprint density at radius 3 is 2.59 bits per heavy atom. The highest BCUT2D eigenvalue weighted by molar-refractivity contribution is 7.99. The Bertz CT molecular complexity index is 1180. The molecule has 0 saturated carbocycles. The number of carbonyl (C=O) groups is 1. The summed E-state index contributed by atoms with van der Waals surface area (Å²) >= 11 is 7.97. The zero-order valence-electron chi connectivity index (χ0n) is 16.2. The van der Waals surface area contributed by atoms with E-state index in [1.54, 1.807) is 17.8 Å². The first kappa shape index (κ1) is 19.6. The second-order valence-electron chi connectivity index (χ2n) is 6.77. The number of methoxy groups -OCH3 is 1. The molecule has 5 heteroatoms. The van der Waals surface area contributed by atoms with Gasteiger partial charge in [-0.15, -0.1) is 0 Å². The molecule has 0 atom stereocenters. The quantitative estimate of drug-likeness (QED) is 0.340. The molecular weight excluding hydrogens is 402 g/mol. The van der Waals surface area contributed by atoms with E-state index in [0.29, 0.717) is 10.6 Å². The number of aromatic nitrogens is 1. The molecule has 0 N–H and O–H groups in total. The van der Waals surface area contributed by atoms with Crippen LogP contribution in [0.1, 0.15) is 21.6 Å². The van der Waals surface area contributed by atoms with Crippen LogP contribution < -0.4 is 0 Å². The van der Waals surface area contributed by atoms with Crippen LogP contribution in [-0.4, -0.2) is 17.6 Å². The van der Waals surface area contributed by atoms with Crippen molar-refractivity contribution in [1.29, 1.82) is 0 Å². The zero-order chi connectivity index (χ0) is 20.4. The summed E-state index contributed by atoms with van der Waals surface area (Å²) in [5.41, 5.74) is 4.05. The molecule has 0 bridgehead atoms. The summed E-state index contributed by atoms with van der Waals surface area (Å²) < 4.78 is 7.15. The average molecular weight is 422 g/mol. The number of hydrogen-bond acceptors (Lipinski definition) is 3. The van der Waals surface area contributed by atoms with Crippen LogP contribution in [0.3, 0.4) is 0 Å². The number of ether oxygens (including phenoxy) is 1. The summed E-state index contributed by atoms with van der Waals surface area (Å²) in [6, 6.07) is 23.9. The SMILES string of the molecule is COC(=O)c1cccc(Sc2c(C)n(Cc3ccccc3)c3cc(Cl)ccc23)c1. The molecule has 3 nitrogen and oxygen atoms in total. The van der Waals surface area contributed by atoms with E-state index in [1.165, 1.54) is 18.4 Å². The van der Waals surface area contributed by atoms with Gasteiger partial charge in [0.2, 0.25) is 0 Å². The van der Waals surface area contributed by atoms with Crippen molar-refractivity contribution in [3.8, 4) is 0 Å². The lowest BCUT2D eigenvalue weighted by Crippen LogP contribution is -2.01. The summed E-state index contributed by atoms with van der Waals surface area (Å²) in [5.74, 6) is -0.331. The third-order valence-electron chi connectivity index (χ3n) is 4.89. The van der Waals surface area contributed by atoms with Gasteiger partial charge in [-0.05, 0) is 42.8 Å². The number of carbonyl (C=O) groups excluding carboxylic acids is 1. The molecule has 0 radical (unpaired) electrons. The average Bonchev–Trinajstić information content (AvgIpc) is 2.99. The van der Waals surface area contributed by atoms with Crippen LogP contribution in [-0.2, 0) is 11.3 Å². The molecule has 4 rings (SSSR count). The lowest BCUT2D eigenvalue weighted by Gasteiger charge is -2.09. The van der Waals surface area contributed by atoms with Crippen LogP contribution in [0.5, 0.6) is 0 Å². The van der Waals surface area contributed by atoms with Crippen molar-refractivity contribution < 1.29 is 9.53 Å². The van der Waals surface area contributed by atoms with Crippen molar-refractivity contribution in [1.82, 2.24) is 4.57 Å². The van der Waals surface area contributed by atoms with Crippen LogP contribution in [0.2, 0.25) is 5.02 Å². The molecule has 0 aliphatic heterocycles. The molecule has 0 unspecified atom stereocenters. The van der Waals surface area contributed by atoms with Gasteiger partial charge in [-0.2, -0.15) is 0 Å². The van der Waals surface area contributed by atoms with Crippen LogP contribution in [0.4, 0.5) is 0 Å². The molecule has 0 saturated heterocycles. The monoisotopic (exact) mass is 421 g/mol. The second-order valence-corrected chi connectivity index (χ2v) is 8.29. The molecule has 146 valence electrons. The molecule has 29 heavy (non-hydrogen) atoms. The number of hydrogen-bond donors (Lipinski definition) is 0. The lowest BCUT2D eigenvalue weighted by atomic mass is 10.2. The number of fused-ring (bicyclic) bond motifs is 1. The molecule has 1 aromatic heterocycles. The first-order chi connectivity index (χ1) is 14.1. The Hall–Kier alpha value is -2.69. The first-order valence-corrected chi connectivity index (χ1v) is 10.4. The van der Waals surface area contributed by atoms with E-state index in [4.69, 9.17) is 16.3 Å². The fourth-order valence-electron chi connectivity index (χ4n) is 3.44. The molecular formula is C24H20ClNO2S. The van der Waals surface area contributed by atoms with E-state index >= 15 is 0 Å². The minimum atomic E-state index is -0.331. The van der Waals surface area contributed by atoms with Crippen LogP contribution in [0.15, 0.2) is 82.6 Å². The molecule has 3 aromatic carbocycles. The normalized spacial score (nSPS) is 11.0. The number of rotatable bonds is 5. The Morgan fingerprint density at radius 2 is 1.83 bits per heavy atom.